The number of hydrogen-bond acceptors (Lipinski definition) is 22. The number of benzene rings is 1. The standard InChI is InChI=1S/C54H58N12O9S6Si/c1-26(2)39-52-66-41(36(81-52)20-73-7)46(71)56-19-38(68)64-42(43(27-14-12-11-13-15-27)75-82(9,10)54(3,4)5)51-62-34(24-80-51)50-59-31(21-77-50)40-28(16-17-29(57-40)48-63-35(25-79-48)53(72)74-8)47-60-32(22-76-47)44(69)58-30(18-37(67)55-6)49-61-33(23-78-49)45(70)65-39/h11-17,21-26,30,39,42-43H,18-20H2,1-10H3,(H,55,67)(H,56,71)(H,58,69)(H,64,68)(H,65,70)/t30-,39-,42-,43-/m0/s1. The molecule has 28 heteroatoms. The van der Waals surface area contributed by atoms with Crippen molar-refractivity contribution in [2.45, 2.75) is 90.0 Å². The summed E-state index contributed by atoms with van der Waals surface area (Å²) in [4.78, 5) is 117. The monoisotopic (exact) mass is 1240 g/mol. The fourth-order valence-corrected chi connectivity index (χ4v) is 14.8. The van der Waals surface area contributed by atoms with Crippen molar-refractivity contribution >= 4 is 112 Å². The Balaban J connectivity index is 1.16. The van der Waals surface area contributed by atoms with Crippen molar-refractivity contribution in [3.05, 3.63) is 118 Å². The van der Waals surface area contributed by atoms with Crippen molar-refractivity contribution in [3.8, 4) is 43.4 Å². The summed E-state index contributed by atoms with van der Waals surface area (Å²) in [6.45, 7) is 14.1. The number of carbonyl (C=O) groups is 6. The first kappa shape index (κ1) is 59.7. The third-order valence-corrected chi connectivity index (χ3v) is 23.6. The van der Waals surface area contributed by atoms with E-state index in [1.165, 1.54) is 83.3 Å². The van der Waals surface area contributed by atoms with Crippen molar-refractivity contribution in [3.63, 3.8) is 0 Å². The number of esters is 1. The van der Waals surface area contributed by atoms with Crippen LogP contribution in [0.5, 0.6) is 0 Å². The molecule has 0 saturated carbocycles. The second-order valence-electron chi connectivity index (χ2n) is 20.6. The zero-order valence-corrected chi connectivity index (χ0v) is 52.1. The van der Waals surface area contributed by atoms with Crippen molar-refractivity contribution in [1.82, 2.24) is 61.5 Å². The Labute approximate surface area is 497 Å². The summed E-state index contributed by atoms with van der Waals surface area (Å²) in [5.41, 5.74) is 3.35. The molecule has 1 aromatic carbocycles. The van der Waals surface area contributed by atoms with Crippen LogP contribution in [0, 0.1) is 5.92 Å². The van der Waals surface area contributed by atoms with Gasteiger partial charge in [0.2, 0.25) is 11.8 Å². The summed E-state index contributed by atoms with van der Waals surface area (Å²) >= 11 is 7.34. The topological polar surface area (TPSA) is 280 Å². The molecule has 82 heavy (non-hydrogen) atoms. The lowest BCUT2D eigenvalue weighted by Gasteiger charge is -2.41. The summed E-state index contributed by atoms with van der Waals surface area (Å²) in [6, 6.07) is 10.7. The van der Waals surface area contributed by atoms with E-state index in [9.17, 15) is 28.8 Å². The maximum absolute atomic E-state index is 14.5. The fraction of sp³-hybridized carbons (Fsp3) is 0.352. The molecule has 9 rings (SSSR count). The van der Waals surface area contributed by atoms with E-state index in [0.29, 0.717) is 63.3 Å². The van der Waals surface area contributed by atoms with Gasteiger partial charge in [0.15, 0.2) is 14.0 Å². The van der Waals surface area contributed by atoms with Crippen LogP contribution in [0.25, 0.3) is 43.4 Å². The number of methoxy groups -OCH3 is 2. The second kappa shape index (κ2) is 25.3. The second-order valence-corrected chi connectivity index (χ2v) is 30.9. The Kier molecular flexibility index (Phi) is 18.4. The van der Waals surface area contributed by atoms with E-state index in [1.54, 1.807) is 22.9 Å². The molecule has 0 unspecified atom stereocenters. The van der Waals surface area contributed by atoms with Crippen LogP contribution in [-0.4, -0.2) is 107 Å². The van der Waals surface area contributed by atoms with Crippen LogP contribution >= 0.6 is 68.0 Å². The molecule has 8 heterocycles. The Hall–Kier alpha value is -6.89. The number of fused-ring (bicyclic) bond motifs is 14. The highest BCUT2D eigenvalue weighted by molar-refractivity contribution is 7.15. The molecule has 428 valence electrons. The predicted octanol–water partition coefficient (Wildman–Crippen LogP) is 9.82. The van der Waals surface area contributed by atoms with Gasteiger partial charge in [-0.25, -0.2) is 39.7 Å². The van der Waals surface area contributed by atoms with Gasteiger partial charge in [0.25, 0.3) is 17.7 Å². The minimum absolute atomic E-state index is 0.0238. The van der Waals surface area contributed by atoms with Crippen LogP contribution in [0.4, 0.5) is 0 Å². The summed E-state index contributed by atoms with van der Waals surface area (Å²) in [5.74, 6) is -3.52. The summed E-state index contributed by atoms with van der Waals surface area (Å²) in [7, 11) is 1.66. The van der Waals surface area contributed by atoms with Crippen molar-refractivity contribution in [2.75, 3.05) is 27.8 Å². The molecule has 1 aliphatic rings. The molecule has 21 nitrogen and oxygen atoms in total. The molecule has 5 N–H and O–H groups in total. The lowest BCUT2D eigenvalue weighted by atomic mass is 10.0. The molecular weight excluding hydrogens is 1180 g/mol. The van der Waals surface area contributed by atoms with E-state index in [0.717, 1.165) is 16.9 Å². The van der Waals surface area contributed by atoms with E-state index in [4.69, 9.17) is 38.8 Å². The number of rotatable bonds is 11. The molecule has 0 radical (unpaired) electrons. The maximum Gasteiger partial charge on any atom is 0.357 e. The summed E-state index contributed by atoms with van der Waals surface area (Å²) < 4.78 is 17.7. The Morgan fingerprint density at radius 1 is 0.683 bits per heavy atom. The molecule has 7 aromatic heterocycles. The van der Waals surface area contributed by atoms with Crippen molar-refractivity contribution < 1.29 is 42.7 Å². The van der Waals surface area contributed by atoms with Crippen molar-refractivity contribution in [1.29, 1.82) is 0 Å². The molecule has 4 atom stereocenters. The molecule has 8 aromatic rings. The van der Waals surface area contributed by atoms with Crippen molar-refractivity contribution in [2.24, 2.45) is 5.92 Å². The molecule has 0 aliphatic carbocycles. The van der Waals surface area contributed by atoms with E-state index in [-0.39, 0.29) is 52.7 Å². The van der Waals surface area contributed by atoms with E-state index < -0.39 is 68.7 Å². The average molecular weight is 1240 g/mol. The highest BCUT2D eigenvalue weighted by Crippen LogP contribution is 2.45. The third kappa shape index (κ3) is 13.3. The molecule has 0 spiro atoms. The lowest BCUT2D eigenvalue weighted by Crippen LogP contribution is -2.46. The summed E-state index contributed by atoms with van der Waals surface area (Å²) in [5, 5.41) is 25.3. The third-order valence-electron chi connectivity index (χ3n) is 13.6. The van der Waals surface area contributed by atoms with Gasteiger partial charge in [0, 0.05) is 46.6 Å². The van der Waals surface area contributed by atoms with Crippen LogP contribution < -0.4 is 26.6 Å². The van der Waals surface area contributed by atoms with Gasteiger partial charge >= 0.3 is 5.97 Å². The Bertz CT molecular complexity index is 3660. The van der Waals surface area contributed by atoms with Gasteiger partial charge in [-0.2, -0.15) is 0 Å². The predicted molar refractivity (Wildman–Crippen MR) is 320 cm³/mol. The largest absolute Gasteiger partial charge is 0.464 e. The molecular formula is C54H58N12O9S6Si. The van der Waals surface area contributed by atoms with Crippen LogP contribution in [-0.2, 0) is 30.1 Å². The highest BCUT2D eigenvalue weighted by Gasteiger charge is 2.43. The first-order chi connectivity index (χ1) is 39.1. The highest BCUT2D eigenvalue weighted by atomic mass is 32.1. The smallest absolute Gasteiger partial charge is 0.357 e. The molecule has 10 bridgehead atoms. The SMILES string of the molecule is CNC(=O)C[C@@H]1NC(=O)c2csc(n2)-c2ccc(-c3nc(C(=O)OC)cs3)nc2-c2csc(n2)-c2csc(n2)[C@H]([C@@H](O[Si](C)(C)C(C)(C)C)c2ccccc2)NC(=O)CNC(=O)c2nc(sc2COC)[C@H](C(C)C)NC(=O)c2csc1n2. The van der Waals surface area contributed by atoms with E-state index in [1.807, 2.05) is 54.9 Å². The van der Waals surface area contributed by atoms with Crippen LogP contribution in [0.2, 0.25) is 18.1 Å². The molecule has 5 amide bonds. The Morgan fingerprint density at radius 3 is 2.05 bits per heavy atom. The first-order valence-corrected chi connectivity index (χ1v) is 33.8. The quantitative estimate of drug-likeness (QED) is 0.0595. The first-order valence-electron chi connectivity index (χ1n) is 25.6. The van der Waals surface area contributed by atoms with Gasteiger partial charge < -0.3 is 40.5 Å². The Morgan fingerprint density at radius 2 is 1.33 bits per heavy atom. The lowest BCUT2D eigenvalue weighted by molar-refractivity contribution is -0.122. The maximum atomic E-state index is 14.5. The minimum Gasteiger partial charge on any atom is -0.464 e. The minimum atomic E-state index is -2.59. The van der Waals surface area contributed by atoms with Crippen LogP contribution in [0.3, 0.4) is 0 Å². The average Bonchev–Trinajstić information content (AvgIpc) is 4.45. The molecule has 0 fully saturated rings. The van der Waals surface area contributed by atoms with Gasteiger partial charge in [-0.3, -0.25) is 24.0 Å². The van der Waals surface area contributed by atoms with Gasteiger partial charge in [-0.05, 0) is 41.7 Å². The number of thiazole rings is 6. The van der Waals surface area contributed by atoms with Gasteiger partial charge in [-0.1, -0.05) is 65.0 Å². The molecule has 0 saturated heterocycles. The fourth-order valence-electron chi connectivity index (χ4n) is 8.18. The zero-order valence-electron chi connectivity index (χ0n) is 46.2. The number of pyridine rings is 1. The van der Waals surface area contributed by atoms with Crippen LogP contribution in [0.15, 0.2) is 69.4 Å². The van der Waals surface area contributed by atoms with Gasteiger partial charge in [-0.15, -0.1) is 68.0 Å². The van der Waals surface area contributed by atoms with Crippen LogP contribution in [0.1, 0.15) is 133 Å². The number of nitrogens with one attached hydrogen (secondary N) is 5. The number of nitrogens with zero attached hydrogens (tertiary/aromatic N) is 7. The zero-order chi connectivity index (χ0) is 58.6. The number of aromatic nitrogens is 7. The summed E-state index contributed by atoms with van der Waals surface area (Å²) in [6.07, 6.45) is -0.927. The van der Waals surface area contributed by atoms with Gasteiger partial charge in [0.1, 0.15) is 70.3 Å². The van der Waals surface area contributed by atoms with Gasteiger partial charge in [0.05, 0.1) is 55.4 Å². The van der Waals surface area contributed by atoms with E-state index >= 15 is 0 Å². The number of carbonyl (C=O) groups excluding carboxylic acids is 6. The van der Waals surface area contributed by atoms with E-state index in [2.05, 4.69) is 70.4 Å². The number of hydrogen-bond donors (Lipinski definition) is 5. The number of ether oxygens (including phenoxy) is 2. The normalized spacial score (nSPS) is 16.8. The number of amides is 5. The molecule has 1 aliphatic heterocycles.